The SMILES string of the molecule is C=c1ccc(C(=O)NCCSC)c(CC)/c1=C/N(C)CC(CC)CCC. The summed E-state index contributed by atoms with van der Waals surface area (Å²) in [5.74, 6) is 1.65. The van der Waals surface area contributed by atoms with E-state index in [4.69, 9.17) is 0 Å². The summed E-state index contributed by atoms with van der Waals surface area (Å²) in [6.45, 7) is 12.6. The molecule has 1 unspecified atom stereocenters. The minimum Gasteiger partial charge on any atom is -0.380 e. The van der Waals surface area contributed by atoms with Crippen molar-refractivity contribution in [1.29, 1.82) is 0 Å². The summed E-state index contributed by atoms with van der Waals surface area (Å²) in [5.41, 5.74) is 1.87. The minimum absolute atomic E-state index is 0.0191. The van der Waals surface area contributed by atoms with Crippen LogP contribution in [0.3, 0.4) is 0 Å². The minimum atomic E-state index is 0.0191. The van der Waals surface area contributed by atoms with Gasteiger partial charge in [-0.1, -0.05) is 46.3 Å². The Balaban J connectivity index is 3.15. The molecule has 0 saturated carbocycles. The van der Waals surface area contributed by atoms with E-state index < -0.39 is 0 Å². The Kier molecular flexibility index (Phi) is 10.5. The quantitative estimate of drug-likeness (QED) is 0.602. The average Bonchev–Trinajstić information content (AvgIpc) is 2.62. The number of nitrogens with zero attached hydrogens (tertiary/aromatic N) is 1. The Morgan fingerprint density at radius 2 is 2.08 bits per heavy atom. The molecular weight excluding hydrogens is 340 g/mol. The highest BCUT2D eigenvalue weighted by Gasteiger charge is 2.12. The van der Waals surface area contributed by atoms with Gasteiger partial charge in [0.15, 0.2) is 0 Å². The van der Waals surface area contributed by atoms with Crippen molar-refractivity contribution in [3.8, 4) is 0 Å². The van der Waals surface area contributed by atoms with Gasteiger partial charge in [0, 0.05) is 42.9 Å². The number of thioether (sulfide) groups is 1. The number of hydrogen-bond acceptors (Lipinski definition) is 3. The molecule has 26 heavy (non-hydrogen) atoms. The van der Waals surface area contributed by atoms with E-state index in [2.05, 4.69) is 50.8 Å². The Morgan fingerprint density at radius 1 is 1.35 bits per heavy atom. The van der Waals surface area contributed by atoms with Crippen molar-refractivity contribution in [3.05, 3.63) is 33.7 Å². The maximum atomic E-state index is 12.6. The summed E-state index contributed by atoms with van der Waals surface area (Å²) in [7, 11) is 2.13. The van der Waals surface area contributed by atoms with Crippen molar-refractivity contribution < 1.29 is 4.79 Å². The van der Waals surface area contributed by atoms with Gasteiger partial charge < -0.3 is 10.2 Å². The average molecular weight is 377 g/mol. The van der Waals surface area contributed by atoms with E-state index in [1.807, 2.05) is 18.4 Å². The van der Waals surface area contributed by atoms with Crippen molar-refractivity contribution >= 4 is 30.4 Å². The van der Waals surface area contributed by atoms with Gasteiger partial charge in [-0.2, -0.15) is 11.8 Å². The number of amides is 1. The van der Waals surface area contributed by atoms with Crippen LogP contribution in [0.15, 0.2) is 12.1 Å². The fourth-order valence-corrected chi connectivity index (χ4v) is 3.65. The van der Waals surface area contributed by atoms with E-state index in [1.165, 1.54) is 19.3 Å². The number of benzene rings is 1. The van der Waals surface area contributed by atoms with Crippen molar-refractivity contribution in [3.63, 3.8) is 0 Å². The van der Waals surface area contributed by atoms with Crippen LogP contribution in [0, 0.1) is 5.92 Å². The first kappa shape index (κ1) is 22.6. The van der Waals surface area contributed by atoms with E-state index in [-0.39, 0.29) is 5.91 Å². The third kappa shape index (κ3) is 6.71. The molecule has 3 nitrogen and oxygen atoms in total. The van der Waals surface area contributed by atoms with Gasteiger partial charge in [-0.05, 0) is 41.9 Å². The summed E-state index contributed by atoms with van der Waals surface area (Å²) in [5, 5.41) is 5.11. The molecule has 0 heterocycles. The summed E-state index contributed by atoms with van der Waals surface area (Å²) < 4.78 is 0. The van der Waals surface area contributed by atoms with E-state index in [1.54, 1.807) is 11.8 Å². The van der Waals surface area contributed by atoms with Gasteiger partial charge in [-0.15, -0.1) is 0 Å². The molecule has 4 heteroatoms. The molecule has 146 valence electrons. The zero-order valence-electron chi connectivity index (χ0n) is 17.2. The van der Waals surface area contributed by atoms with E-state index in [0.29, 0.717) is 12.5 Å². The van der Waals surface area contributed by atoms with Crippen molar-refractivity contribution in [2.75, 3.05) is 32.1 Å². The summed E-state index contributed by atoms with van der Waals surface area (Å²) in [4.78, 5) is 14.9. The van der Waals surface area contributed by atoms with Crippen LogP contribution in [0.5, 0.6) is 0 Å². The predicted octanol–water partition coefficient (Wildman–Crippen LogP) is 3.25. The monoisotopic (exact) mass is 376 g/mol. The number of hydrogen-bond donors (Lipinski definition) is 1. The molecule has 0 spiro atoms. The largest absolute Gasteiger partial charge is 0.380 e. The first-order valence-electron chi connectivity index (χ1n) is 9.78. The first-order valence-corrected chi connectivity index (χ1v) is 11.2. The molecule has 1 amide bonds. The second-order valence-corrected chi connectivity index (χ2v) is 7.88. The normalized spacial score (nSPS) is 12.9. The Labute approximate surface area is 163 Å². The highest BCUT2D eigenvalue weighted by atomic mass is 32.2. The topological polar surface area (TPSA) is 32.3 Å². The van der Waals surface area contributed by atoms with Crippen molar-refractivity contribution in [2.45, 2.75) is 46.5 Å². The molecule has 0 aliphatic carbocycles. The number of nitrogens with one attached hydrogen (secondary N) is 1. The van der Waals surface area contributed by atoms with Crippen molar-refractivity contribution in [1.82, 2.24) is 10.2 Å². The highest BCUT2D eigenvalue weighted by molar-refractivity contribution is 7.98. The van der Waals surface area contributed by atoms with Crippen LogP contribution in [0.4, 0.5) is 0 Å². The van der Waals surface area contributed by atoms with Gasteiger partial charge in [0.2, 0.25) is 0 Å². The Bertz CT molecular complexity index is 671. The molecule has 1 aromatic carbocycles. The first-order chi connectivity index (χ1) is 12.5. The van der Waals surface area contributed by atoms with Crippen LogP contribution in [-0.4, -0.2) is 43.0 Å². The van der Waals surface area contributed by atoms with E-state index in [0.717, 1.165) is 40.3 Å². The number of rotatable bonds is 11. The molecule has 1 aromatic rings. The lowest BCUT2D eigenvalue weighted by molar-refractivity contribution is 0.0955. The van der Waals surface area contributed by atoms with Crippen LogP contribution in [0.1, 0.15) is 56.0 Å². The summed E-state index contributed by atoms with van der Waals surface area (Å²) in [6, 6.07) is 3.88. The maximum Gasteiger partial charge on any atom is 0.251 e. The van der Waals surface area contributed by atoms with Gasteiger partial charge in [0.25, 0.3) is 5.91 Å². The van der Waals surface area contributed by atoms with Crippen molar-refractivity contribution in [2.24, 2.45) is 5.92 Å². The zero-order valence-corrected chi connectivity index (χ0v) is 18.0. The fourth-order valence-electron chi connectivity index (χ4n) is 3.34. The molecule has 0 saturated heterocycles. The second-order valence-electron chi connectivity index (χ2n) is 6.90. The molecule has 0 aliphatic rings. The van der Waals surface area contributed by atoms with Crippen LogP contribution >= 0.6 is 11.8 Å². The number of carbonyl (C=O) groups excluding carboxylic acids is 1. The van der Waals surface area contributed by atoms with Gasteiger partial charge in [-0.25, -0.2) is 0 Å². The molecule has 1 atom stereocenters. The summed E-state index contributed by atoms with van der Waals surface area (Å²) >= 11 is 1.74. The highest BCUT2D eigenvalue weighted by Crippen LogP contribution is 2.12. The fraction of sp³-hybridized carbons (Fsp3) is 0.591. The summed E-state index contributed by atoms with van der Waals surface area (Å²) in [6.07, 6.45) is 8.72. The third-order valence-corrected chi connectivity index (χ3v) is 5.42. The van der Waals surface area contributed by atoms with Crippen LogP contribution in [0.25, 0.3) is 12.8 Å². The molecule has 0 aromatic heterocycles. The third-order valence-electron chi connectivity index (χ3n) is 4.81. The van der Waals surface area contributed by atoms with Crippen LogP contribution in [0.2, 0.25) is 0 Å². The predicted molar refractivity (Wildman–Crippen MR) is 117 cm³/mol. The number of carbonyl (C=O) groups is 1. The van der Waals surface area contributed by atoms with Gasteiger partial charge >= 0.3 is 0 Å². The van der Waals surface area contributed by atoms with Gasteiger partial charge in [-0.3, -0.25) is 4.79 Å². The molecule has 0 radical (unpaired) electrons. The Hall–Kier alpha value is -1.42. The zero-order chi connectivity index (χ0) is 19.5. The lowest BCUT2D eigenvalue weighted by Gasteiger charge is -2.22. The molecule has 1 rings (SSSR count). The maximum absolute atomic E-state index is 12.6. The Morgan fingerprint density at radius 3 is 2.65 bits per heavy atom. The van der Waals surface area contributed by atoms with E-state index in [9.17, 15) is 4.79 Å². The second kappa shape index (κ2) is 12.1. The molecule has 0 bridgehead atoms. The van der Waals surface area contributed by atoms with Gasteiger partial charge in [0.05, 0.1) is 0 Å². The van der Waals surface area contributed by atoms with Crippen LogP contribution in [-0.2, 0) is 6.42 Å². The standard InChI is InChI=1S/C22H36N2OS/c1-7-10-18(8-2)15-24(5)16-21-17(4)11-12-20(19(21)9-3)22(25)23-13-14-26-6/h11-12,16,18H,4,7-10,13-15H2,1-3,5-6H3,(H,23,25)/b21-16+. The van der Waals surface area contributed by atoms with E-state index >= 15 is 0 Å². The lowest BCUT2D eigenvalue weighted by atomic mass is 9.99. The van der Waals surface area contributed by atoms with Crippen LogP contribution < -0.4 is 15.8 Å². The lowest BCUT2D eigenvalue weighted by Crippen LogP contribution is -2.36. The smallest absolute Gasteiger partial charge is 0.251 e. The molecular formula is C22H36N2OS. The molecule has 0 fully saturated rings. The van der Waals surface area contributed by atoms with Gasteiger partial charge in [0.1, 0.15) is 0 Å². The molecule has 1 N–H and O–H groups in total. The molecule has 0 aliphatic heterocycles.